The summed E-state index contributed by atoms with van der Waals surface area (Å²) in [6, 6.07) is 17.6. The van der Waals surface area contributed by atoms with Gasteiger partial charge in [0.15, 0.2) is 0 Å². The van der Waals surface area contributed by atoms with Crippen LogP contribution in [0.1, 0.15) is 16.7 Å². The van der Waals surface area contributed by atoms with Gasteiger partial charge in [0.25, 0.3) is 0 Å². The third-order valence-corrected chi connectivity index (χ3v) is 3.34. The average Bonchev–Trinajstić information content (AvgIpc) is 2.65. The fourth-order valence-electron chi connectivity index (χ4n) is 2.19. The van der Waals surface area contributed by atoms with Crippen LogP contribution in [-0.2, 0) is 0 Å². The van der Waals surface area contributed by atoms with Crippen LogP contribution in [0.2, 0.25) is 0 Å². The molecule has 0 amide bonds. The summed E-state index contributed by atoms with van der Waals surface area (Å²) in [4.78, 5) is 5.28. The number of nitrogens with one attached hydrogen (secondary N) is 1. The summed E-state index contributed by atoms with van der Waals surface area (Å²) in [5.41, 5.74) is 4.31. The largest absolute Gasteiger partial charge is 0.348 e. The van der Waals surface area contributed by atoms with Crippen molar-refractivity contribution in [2.24, 2.45) is 4.99 Å². The second-order valence-electron chi connectivity index (χ2n) is 4.45. The molecule has 0 fully saturated rings. The minimum atomic E-state index is 0.454. The number of nitrogens with zero attached hydrogens (tertiary/aromatic N) is 2. The number of nitriles is 1. The van der Waals surface area contributed by atoms with Crippen LogP contribution in [0.3, 0.4) is 0 Å². The second-order valence-corrected chi connectivity index (χ2v) is 4.94. The molecule has 0 aromatic heterocycles. The zero-order valence-electron chi connectivity index (χ0n) is 10.6. The van der Waals surface area contributed by atoms with E-state index in [1.165, 1.54) is 0 Å². The Bertz CT molecular complexity index is 742. The molecule has 0 aliphatic carbocycles. The number of benzene rings is 2. The van der Waals surface area contributed by atoms with Crippen LogP contribution in [0, 0.1) is 11.3 Å². The Morgan fingerprint density at radius 1 is 1.15 bits per heavy atom. The van der Waals surface area contributed by atoms with Crippen molar-refractivity contribution < 1.29 is 0 Å². The molecule has 3 nitrogen and oxygen atoms in total. The Labute approximate surface area is 122 Å². The normalized spacial score (nSPS) is 13.6. The van der Waals surface area contributed by atoms with Crippen molar-refractivity contribution in [1.29, 1.82) is 5.26 Å². The van der Waals surface area contributed by atoms with Gasteiger partial charge >= 0.3 is 0 Å². The van der Waals surface area contributed by atoms with Gasteiger partial charge in [-0.15, -0.1) is 0 Å². The number of anilines is 1. The molecule has 96 valence electrons. The predicted molar refractivity (Wildman–Crippen MR) is 84.3 cm³/mol. The highest BCUT2D eigenvalue weighted by Gasteiger charge is 2.16. The first-order valence-electron chi connectivity index (χ1n) is 6.22. The first-order valence-corrected chi connectivity index (χ1v) is 6.63. The van der Waals surface area contributed by atoms with E-state index in [4.69, 9.17) is 17.5 Å². The topological polar surface area (TPSA) is 48.2 Å². The highest BCUT2D eigenvalue weighted by Crippen LogP contribution is 2.24. The number of hydrogen-bond acceptors (Lipinski definition) is 3. The van der Waals surface area contributed by atoms with Crippen LogP contribution in [-0.4, -0.2) is 17.2 Å². The van der Waals surface area contributed by atoms with E-state index in [-0.39, 0.29) is 0 Å². The number of benzodiazepines with no additional fused rings is 1. The van der Waals surface area contributed by atoms with Crippen molar-refractivity contribution >= 4 is 28.6 Å². The Morgan fingerprint density at radius 3 is 2.70 bits per heavy atom. The molecule has 1 heterocycles. The molecule has 0 spiro atoms. The van der Waals surface area contributed by atoms with E-state index in [0.29, 0.717) is 17.1 Å². The zero-order chi connectivity index (χ0) is 13.9. The standard InChI is InChI=1S/C16H11N3S/c17-9-11-6-7-14-13(8-11)16(18-10-15(20)19-14)12-4-2-1-3-5-12/h1-8H,10H2,(H,19,20). The maximum absolute atomic E-state index is 9.08. The van der Waals surface area contributed by atoms with E-state index >= 15 is 0 Å². The molecule has 2 aromatic rings. The van der Waals surface area contributed by atoms with Gasteiger partial charge in [-0.3, -0.25) is 4.99 Å². The Kier molecular flexibility index (Phi) is 3.28. The molecule has 2 aromatic carbocycles. The maximum atomic E-state index is 9.08. The molecule has 0 unspecified atom stereocenters. The van der Waals surface area contributed by atoms with Crippen LogP contribution in [0.25, 0.3) is 0 Å². The van der Waals surface area contributed by atoms with Gasteiger partial charge in [0.1, 0.15) is 4.99 Å². The van der Waals surface area contributed by atoms with Crippen molar-refractivity contribution in [3.8, 4) is 6.07 Å². The van der Waals surface area contributed by atoms with Crippen LogP contribution < -0.4 is 5.32 Å². The monoisotopic (exact) mass is 277 g/mol. The summed E-state index contributed by atoms with van der Waals surface area (Å²) in [5.74, 6) is 0. The SMILES string of the molecule is N#Cc1ccc2c(c1)C(c1ccccc1)=NCC(=S)N2. The Morgan fingerprint density at radius 2 is 1.95 bits per heavy atom. The van der Waals surface area contributed by atoms with E-state index in [1.807, 2.05) is 42.5 Å². The lowest BCUT2D eigenvalue weighted by Gasteiger charge is -2.10. The molecule has 4 heteroatoms. The molecule has 1 aliphatic rings. The highest BCUT2D eigenvalue weighted by molar-refractivity contribution is 7.80. The summed E-state index contributed by atoms with van der Waals surface area (Å²) in [5, 5.41) is 12.3. The average molecular weight is 277 g/mol. The molecule has 20 heavy (non-hydrogen) atoms. The van der Waals surface area contributed by atoms with E-state index in [9.17, 15) is 0 Å². The summed E-state index contributed by atoms with van der Waals surface area (Å²) in [6.07, 6.45) is 0. The fourth-order valence-corrected chi connectivity index (χ4v) is 2.36. The van der Waals surface area contributed by atoms with E-state index in [0.717, 1.165) is 22.5 Å². The molecule has 1 N–H and O–H groups in total. The Hall–Kier alpha value is -2.51. The lowest BCUT2D eigenvalue weighted by atomic mass is 9.99. The van der Waals surface area contributed by atoms with Gasteiger partial charge in [-0.2, -0.15) is 5.26 Å². The highest BCUT2D eigenvalue weighted by atomic mass is 32.1. The smallest absolute Gasteiger partial charge is 0.102 e. The summed E-state index contributed by atoms with van der Waals surface area (Å²) in [6.45, 7) is 0.454. The van der Waals surface area contributed by atoms with Gasteiger partial charge in [0.05, 0.1) is 23.9 Å². The van der Waals surface area contributed by atoms with E-state index in [1.54, 1.807) is 6.07 Å². The van der Waals surface area contributed by atoms with Gasteiger partial charge in [0, 0.05) is 16.8 Å². The minimum Gasteiger partial charge on any atom is -0.348 e. The molecule has 3 rings (SSSR count). The second kappa shape index (κ2) is 5.24. The number of thiocarbonyl (C=S) groups is 1. The quantitative estimate of drug-likeness (QED) is 0.815. The lowest BCUT2D eigenvalue weighted by Crippen LogP contribution is -2.11. The molecule has 0 radical (unpaired) electrons. The molecular weight excluding hydrogens is 266 g/mol. The third kappa shape index (κ3) is 2.31. The summed E-state index contributed by atoms with van der Waals surface area (Å²) < 4.78 is 0. The number of aliphatic imine (C=N–C) groups is 1. The van der Waals surface area contributed by atoms with Crippen LogP contribution in [0.4, 0.5) is 5.69 Å². The summed E-state index contributed by atoms with van der Waals surface area (Å²) in [7, 11) is 0. The van der Waals surface area contributed by atoms with Gasteiger partial charge in [-0.05, 0) is 18.2 Å². The first kappa shape index (κ1) is 12.5. The van der Waals surface area contributed by atoms with Gasteiger partial charge in [0.2, 0.25) is 0 Å². The van der Waals surface area contributed by atoms with Crippen molar-refractivity contribution in [2.45, 2.75) is 0 Å². The van der Waals surface area contributed by atoms with Gasteiger partial charge < -0.3 is 5.32 Å². The zero-order valence-corrected chi connectivity index (χ0v) is 11.4. The molecular formula is C16H11N3S. The number of fused-ring (bicyclic) bond motifs is 1. The van der Waals surface area contributed by atoms with Crippen molar-refractivity contribution in [1.82, 2.24) is 0 Å². The van der Waals surface area contributed by atoms with E-state index in [2.05, 4.69) is 16.4 Å². The first-order chi connectivity index (χ1) is 9.78. The van der Waals surface area contributed by atoms with Crippen molar-refractivity contribution in [3.63, 3.8) is 0 Å². The molecule has 0 bridgehead atoms. The van der Waals surface area contributed by atoms with Crippen molar-refractivity contribution in [2.75, 3.05) is 11.9 Å². The molecule has 0 saturated heterocycles. The molecule has 0 atom stereocenters. The van der Waals surface area contributed by atoms with Gasteiger partial charge in [-0.25, -0.2) is 0 Å². The Balaban J connectivity index is 2.21. The number of hydrogen-bond donors (Lipinski definition) is 1. The maximum Gasteiger partial charge on any atom is 0.102 e. The van der Waals surface area contributed by atoms with Crippen LogP contribution in [0.15, 0.2) is 53.5 Å². The lowest BCUT2D eigenvalue weighted by molar-refractivity contribution is 1.31. The van der Waals surface area contributed by atoms with E-state index < -0.39 is 0 Å². The molecule has 0 saturated carbocycles. The van der Waals surface area contributed by atoms with Gasteiger partial charge in [-0.1, -0.05) is 42.5 Å². The third-order valence-electron chi connectivity index (χ3n) is 3.11. The summed E-state index contributed by atoms with van der Waals surface area (Å²) >= 11 is 5.25. The minimum absolute atomic E-state index is 0.454. The van der Waals surface area contributed by atoms with Crippen LogP contribution >= 0.6 is 12.2 Å². The van der Waals surface area contributed by atoms with Crippen LogP contribution in [0.5, 0.6) is 0 Å². The van der Waals surface area contributed by atoms with Crippen molar-refractivity contribution in [3.05, 3.63) is 65.2 Å². The predicted octanol–water partition coefficient (Wildman–Crippen LogP) is 3.15. The fraction of sp³-hybridized carbons (Fsp3) is 0.0625. The molecule has 1 aliphatic heterocycles. The number of rotatable bonds is 1.